The molecule has 30 heavy (non-hydrogen) atoms. The zero-order chi connectivity index (χ0) is 22.0. The van der Waals surface area contributed by atoms with Gasteiger partial charge in [-0.2, -0.15) is 4.98 Å². The molecule has 0 aliphatic rings. The fourth-order valence-corrected chi connectivity index (χ4v) is 3.06. The third kappa shape index (κ3) is 4.30. The molecule has 3 N–H and O–H groups in total. The molecule has 9 heteroatoms. The summed E-state index contributed by atoms with van der Waals surface area (Å²) < 4.78 is 47.3. The fourth-order valence-electron chi connectivity index (χ4n) is 3.06. The van der Waals surface area contributed by atoms with Gasteiger partial charge in [0, 0.05) is 24.0 Å². The second-order valence-corrected chi connectivity index (χ2v) is 6.86. The Kier molecular flexibility index (Phi) is 6.12. The van der Waals surface area contributed by atoms with Crippen molar-refractivity contribution in [1.29, 1.82) is 0 Å². The SMILES string of the molecule is COc1cc(C)c(Nc2nc(=O)c(CN)cn2Cc2cc(F)c(F)c(F)c2)cc1C. The lowest BCUT2D eigenvalue weighted by Crippen LogP contribution is -2.23. The van der Waals surface area contributed by atoms with E-state index in [0.29, 0.717) is 11.4 Å². The molecule has 0 radical (unpaired) electrons. The smallest absolute Gasteiger partial charge is 0.278 e. The van der Waals surface area contributed by atoms with Gasteiger partial charge < -0.3 is 20.4 Å². The number of nitrogens with two attached hydrogens (primary N) is 1. The number of hydrogen-bond acceptors (Lipinski definition) is 5. The van der Waals surface area contributed by atoms with E-state index in [2.05, 4.69) is 10.3 Å². The highest BCUT2D eigenvalue weighted by Gasteiger charge is 2.14. The summed E-state index contributed by atoms with van der Waals surface area (Å²) >= 11 is 0. The lowest BCUT2D eigenvalue weighted by molar-refractivity contribution is 0.411. The van der Waals surface area contributed by atoms with E-state index in [9.17, 15) is 18.0 Å². The summed E-state index contributed by atoms with van der Waals surface area (Å²) in [5, 5.41) is 3.08. The lowest BCUT2D eigenvalue weighted by Gasteiger charge is -2.18. The number of rotatable bonds is 6. The van der Waals surface area contributed by atoms with Gasteiger partial charge in [0.15, 0.2) is 17.5 Å². The highest BCUT2D eigenvalue weighted by atomic mass is 19.2. The van der Waals surface area contributed by atoms with Crippen molar-refractivity contribution in [3.05, 3.63) is 80.5 Å². The summed E-state index contributed by atoms with van der Waals surface area (Å²) in [5.41, 5.74) is 7.84. The molecular formula is C21H21F3N4O2. The lowest BCUT2D eigenvalue weighted by atomic mass is 10.1. The Morgan fingerprint density at radius 1 is 1.10 bits per heavy atom. The second kappa shape index (κ2) is 8.58. The van der Waals surface area contributed by atoms with Crippen LogP contribution in [0, 0.1) is 31.3 Å². The number of benzene rings is 2. The molecule has 0 fully saturated rings. The molecule has 0 unspecified atom stereocenters. The van der Waals surface area contributed by atoms with Crippen molar-refractivity contribution in [2.75, 3.05) is 12.4 Å². The van der Waals surface area contributed by atoms with E-state index < -0.39 is 23.0 Å². The molecule has 0 bridgehead atoms. The van der Waals surface area contributed by atoms with E-state index in [1.165, 1.54) is 10.8 Å². The quantitative estimate of drug-likeness (QED) is 0.599. The van der Waals surface area contributed by atoms with Gasteiger partial charge in [-0.25, -0.2) is 13.2 Å². The van der Waals surface area contributed by atoms with Gasteiger partial charge in [-0.1, -0.05) is 0 Å². The molecule has 0 spiro atoms. The molecule has 0 saturated carbocycles. The van der Waals surface area contributed by atoms with Crippen LogP contribution in [0.25, 0.3) is 0 Å². The highest BCUT2D eigenvalue weighted by molar-refractivity contribution is 5.62. The number of anilines is 2. The van der Waals surface area contributed by atoms with Gasteiger partial charge in [0.1, 0.15) is 5.75 Å². The van der Waals surface area contributed by atoms with Crippen molar-refractivity contribution < 1.29 is 17.9 Å². The van der Waals surface area contributed by atoms with E-state index in [4.69, 9.17) is 10.5 Å². The number of nitrogens with one attached hydrogen (secondary N) is 1. The monoisotopic (exact) mass is 418 g/mol. The molecule has 1 aromatic heterocycles. The maximum absolute atomic E-state index is 13.6. The maximum Gasteiger partial charge on any atom is 0.278 e. The Bertz CT molecular complexity index is 1140. The summed E-state index contributed by atoms with van der Waals surface area (Å²) in [4.78, 5) is 16.3. The molecule has 0 amide bonds. The Morgan fingerprint density at radius 2 is 1.77 bits per heavy atom. The van der Waals surface area contributed by atoms with Gasteiger partial charge in [0.05, 0.1) is 13.7 Å². The zero-order valence-electron chi connectivity index (χ0n) is 16.7. The van der Waals surface area contributed by atoms with Crippen LogP contribution in [0.15, 0.2) is 35.3 Å². The minimum absolute atomic E-state index is 0.0566. The van der Waals surface area contributed by atoms with Gasteiger partial charge in [0.25, 0.3) is 5.56 Å². The summed E-state index contributed by atoms with van der Waals surface area (Å²) in [6.07, 6.45) is 1.46. The van der Waals surface area contributed by atoms with Crippen molar-refractivity contribution in [1.82, 2.24) is 9.55 Å². The van der Waals surface area contributed by atoms with Gasteiger partial charge in [-0.3, -0.25) is 4.79 Å². The van der Waals surface area contributed by atoms with Crippen LogP contribution in [-0.4, -0.2) is 16.7 Å². The van der Waals surface area contributed by atoms with Crippen LogP contribution in [0.3, 0.4) is 0 Å². The zero-order valence-corrected chi connectivity index (χ0v) is 16.7. The molecule has 1 heterocycles. The van der Waals surface area contributed by atoms with Crippen LogP contribution in [0.2, 0.25) is 0 Å². The first kappa shape index (κ1) is 21.4. The van der Waals surface area contributed by atoms with Crippen molar-refractivity contribution >= 4 is 11.6 Å². The van der Waals surface area contributed by atoms with Crippen LogP contribution < -0.4 is 21.3 Å². The average molecular weight is 418 g/mol. The average Bonchev–Trinajstić information content (AvgIpc) is 2.70. The molecule has 3 rings (SSSR count). The molecular weight excluding hydrogens is 397 g/mol. The number of ether oxygens (including phenoxy) is 1. The Morgan fingerprint density at radius 3 is 2.37 bits per heavy atom. The first-order chi connectivity index (χ1) is 14.2. The van der Waals surface area contributed by atoms with Crippen molar-refractivity contribution in [3.63, 3.8) is 0 Å². The summed E-state index contributed by atoms with van der Waals surface area (Å²) in [7, 11) is 1.57. The minimum atomic E-state index is -1.54. The standard InChI is InChI=1S/C21H21F3N4O2/c1-11-5-18(30-3)12(2)4-17(11)26-21-27-20(29)14(8-25)10-28(21)9-13-6-15(22)19(24)16(23)7-13/h4-7,10H,8-9,25H2,1-3H3,(H,26,27,29). The predicted molar refractivity (Wildman–Crippen MR) is 108 cm³/mol. The first-order valence-corrected chi connectivity index (χ1v) is 9.09. The molecule has 3 aromatic rings. The number of halogens is 3. The number of aromatic nitrogens is 2. The van der Waals surface area contributed by atoms with Crippen molar-refractivity contribution in [2.24, 2.45) is 5.73 Å². The van der Waals surface area contributed by atoms with Crippen LogP contribution in [-0.2, 0) is 13.1 Å². The van der Waals surface area contributed by atoms with E-state index in [-0.39, 0.29) is 30.2 Å². The first-order valence-electron chi connectivity index (χ1n) is 9.09. The third-order valence-electron chi connectivity index (χ3n) is 4.67. The molecule has 0 saturated heterocycles. The van der Waals surface area contributed by atoms with Crippen molar-refractivity contribution in [2.45, 2.75) is 26.9 Å². The van der Waals surface area contributed by atoms with Crippen molar-refractivity contribution in [3.8, 4) is 5.75 Å². The molecule has 6 nitrogen and oxygen atoms in total. The normalized spacial score (nSPS) is 10.9. The molecule has 2 aromatic carbocycles. The van der Waals surface area contributed by atoms with Gasteiger partial charge in [-0.15, -0.1) is 0 Å². The number of hydrogen-bond donors (Lipinski definition) is 2. The predicted octanol–water partition coefficient (Wildman–Crippen LogP) is 3.54. The van der Waals surface area contributed by atoms with Gasteiger partial charge in [-0.05, 0) is 54.8 Å². The molecule has 158 valence electrons. The Balaban J connectivity index is 2.06. The van der Waals surface area contributed by atoms with E-state index in [1.54, 1.807) is 7.11 Å². The van der Waals surface area contributed by atoms with Gasteiger partial charge >= 0.3 is 0 Å². The van der Waals surface area contributed by atoms with E-state index >= 15 is 0 Å². The summed E-state index contributed by atoms with van der Waals surface area (Å²) in [5.74, 6) is -3.28. The Labute approximate surface area is 171 Å². The molecule has 0 atom stereocenters. The maximum atomic E-state index is 13.6. The number of nitrogens with zero attached hydrogens (tertiary/aromatic N) is 2. The number of methoxy groups -OCH3 is 1. The highest BCUT2D eigenvalue weighted by Crippen LogP contribution is 2.28. The third-order valence-corrected chi connectivity index (χ3v) is 4.67. The largest absolute Gasteiger partial charge is 0.496 e. The molecule has 0 aliphatic carbocycles. The summed E-state index contributed by atoms with van der Waals surface area (Å²) in [6.45, 7) is 3.60. The van der Waals surface area contributed by atoms with E-state index in [1.807, 2.05) is 26.0 Å². The minimum Gasteiger partial charge on any atom is -0.496 e. The fraction of sp³-hybridized carbons (Fsp3) is 0.238. The second-order valence-electron chi connectivity index (χ2n) is 6.86. The van der Waals surface area contributed by atoms with E-state index in [0.717, 1.165) is 23.3 Å². The summed E-state index contributed by atoms with van der Waals surface area (Å²) in [6, 6.07) is 5.45. The van der Waals surface area contributed by atoms with Crippen LogP contribution in [0.1, 0.15) is 22.3 Å². The van der Waals surface area contributed by atoms with Crippen LogP contribution in [0.4, 0.5) is 24.8 Å². The van der Waals surface area contributed by atoms with Crippen LogP contribution in [0.5, 0.6) is 5.75 Å². The topological polar surface area (TPSA) is 82.2 Å². The van der Waals surface area contributed by atoms with Gasteiger partial charge in [0.2, 0.25) is 5.95 Å². The Hall–Kier alpha value is -3.33. The number of aryl methyl sites for hydroxylation is 2. The van der Waals surface area contributed by atoms with Crippen LogP contribution >= 0.6 is 0 Å². The molecule has 0 aliphatic heterocycles.